The third-order valence-corrected chi connectivity index (χ3v) is 4.69. The molecule has 89 valence electrons. The standard InChI is InChI=1S/C11H11N2O2S2/c1-13(2)17(14,15)10-5-3-9(4-6-10)11-7-16-8-12-11/h3-7H,1-2H3. The van der Waals surface area contributed by atoms with Crippen LogP contribution in [0.1, 0.15) is 0 Å². The van der Waals surface area contributed by atoms with E-state index in [9.17, 15) is 8.42 Å². The van der Waals surface area contributed by atoms with Crippen molar-refractivity contribution >= 4 is 21.4 Å². The van der Waals surface area contributed by atoms with Crippen LogP contribution in [0.15, 0.2) is 34.5 Å². The summed E-state index contributed by atoms with van der Waals surface area (Å²) in [5.41, 5.74) is 4.45. The van der Waals surface area contributed by atoms with Crippen LogP contribution in [-0.4, -0.2) is 31.8 Å². The van der Waals surface area contributed by atoms with Gasteiger partial charge in [-0.15, -0.1) is 11.3 Å². The predicted octanol–water partition coefficient (Wildman–Crippen LogP) is 1.86. The molecule has 0 amide bonds. The fourth-order valence-corrected chi connectivity index (χ4v) is 2.73. The zero-order valence-corrected chi connectivity index (χ0v) is 11.0. The molecule has 2 rings (SSSR count). The second-order valence-corrected chi connectivity index (χ2v) is 6.44. The maximum atomic E-state index is 11.8. The van der Waals surface area contributed by atoms with Gasteiger partial charge in [0, 0.05) is 25.0 Å². The van der Waals surface area contributed by atoms with E-state index in [-0.39, 0.29) is 4.90 Å². The molecule has 2 aromatic rings. The van der Waals surface area contributed by atoms with Crippen molar-refractivity contribution in [3.63, 3.8) is 0 Å². The van der Waals surface area contributed by atoms with Gasteiger partial charge in [0.15, 0.2) is 5.51 Å². The van der Waals surface area contributed by atoms with E-state index in [1.165, 1.54) is 29.7 Å². The van der Waals surface area contributed by atoms with Crippen LogP contribution in [0.4, 0.5) is 0 Å². The molecule has 0 aliphatic heterocycles. The lowest BCUT2D eigenvalue weighted by Crippen LogP contribution is -2.22. The van der Waals surface area contributed by atoms with E-state index in [1.807, 2.05) is 5.38 Å². The van der Waals surface area contributed by atoms with Gasteiger partial charge in [-0.1, -0.05) is 12.1 Å². The number of hydrogen-bond acceptors (Lipinski definition) is 4. The van der Waals surface area contributed by atoms with Crippen molar-refractivity contribution < 1.29 is 8.42 Å². The minimum absolute atomic E-state index is 0.283. The van der Waals surface area contributed by atoms with E-state index in [2.05, 4.69) is 10.5 Å². The molecule has 0 bridgehead atoms. The second-order valence-electron chi connectivity index (χ2n) is 3.64. The number of rotatable bonds is 3. The monoisotopic (exact) mass is 267 g/mol. The Bertz CT molecular complexity index is 587. The third-order valence-electron chi connectivity index (χ3n) is 2.32. The largest absolute Gasteiger partial charge is 0.242 e. The van der Waals surface area contributed by atoms with E-state index in [4.69, 9.17) is 0 Å². The van der Waals surface area contributed by atoms with E-state index >= 15 is 0 Å². The predicted molar refractivity (Wildman–Crippen MR) is 67.3 cm³/mol. The molecule has 0 saturated heterocycles. The van der Waals surface area contributed by atoms with Crippen LogP contribution in [0.5, 0.6) is 0 Å². The first kappa shape index (κ1) is 12.2. The fourth-order valence-electron chi connectivity index (χ4n) is 1.33. The van der Waals surface area contributed by atoms with Gasteiger partial charge in [0.1, 0.15) is 0 Å². The molecule has 1 heterocycles. The van der Waals surface area contributed by atoms with Gasteiger partial charge in [0.25, 0.3) is 0 Å². The van der Waals surface area contributed by atoms with Crippen LogP contribution in [0.2, 0.25) is 0 Å². The highest BCUT2D eigenvalue weighted by Crippen LogP contribution is 2.21. The summed E-state index contributed by atoms with van der Waals surface area (Å²) < 4.78 is 24.9. The van der Waals surface area contributed by atoms with E-state index in [1.54, 1.807) is 24.3 Å². The summed E-state index contributed by atoms with van der Waals surface area (Å²) in [4.78, 5) is 4.33. The quantitative estimate of drug-likeness (QED) is 0.853. The lowest BCUT2D eigenvalue weighted by atomic mass is 10.2. The van der Waals surface area contributed by atoms with Crippen LogP contribution < -0.4 is 0 Å². The van der Waals surface area contributed by atoms with Gasteiger partial charge in [-0.2, -0.15) is 0 Å². The Morgan fingerprint density at radius 1 is 1.24 bits per heavy atom. The first-order valence-corrected chi connectivity index (χ1v) is 7.18. The molecule has 0 aliphatic carbocycles. The minimum atomic E-state index is -3.35. The van der Waals surface area contributed by atoms with Gasteiger partial charge in [-0.3, -0.25) is 0 Å². The summed E-state index contributed by atoms with van der Waals surface area (Å²) >= 11 is 1.39. The number of benzene rings is 1. The normalized spacial score (nSPS) is 11.9. The molecule has 1 radical (unpaired) electrons. The highest BCUT2D eigenvalue weighted by molar-refractivity contribution is 7.89. The van der Waals surface area contributed by atoms with Crippen molar-refractivity contribution in [2.45, 2.75) is 4.90 Å². The number of aromatic nitrogens is 1. The summed E-state index contributed by atoms with van der Waals surface area (Å²) in [5.74, 6) is 0. The van der Waals surface area contributed by atoms with Gasteiger partial charge in [-0.25, -0.2) is 17.7 Å². The summed E-state index contributed by atoms with van der Waals surface area (Å²) in [7, 11) is -0.330. The molecular weight excluding hydrogens is 256 g/mol. The lowest BCUT2D eigenvalue weighted by molar-refractivity contribution is 0.521. The van der Waals surface area contributed by atoms with Gasteiger partial charge in [0.05, 0.1) is 10.6 Å². The fraction of sp³-hybridized carbons (Fsp3) is 0.182. The Kier molecular flexibility index (Phi) is 3.28. The SMILES string of the molecule is CN(C)S(=O)(=O)c1ccc(-c2cs[c]n2)cc1. The Morgan fingerprint density at radius 3 is 2.35 bits per heavy atom. The van der Waals surface area contributed by atoms with Crippen molar-refractivity contribution in [3.05, 3.63) is 35.2 Å². The minimum Gasteiger partial charge on any atom is -0.233 e. The molecule has 0 fully saturated rings. The summed E-state index contributed by atoms with van der Waals surface area (Å²) in [5, 5.41) is 1.87. The molecule has 0 N–H and O–H groups in total. The Morgan fingerprint density at radius 2 is 1.88 bits per heavy atom. The van der Waals surface area contributed by atoms with Crippen molar-refractivity contribution in [1.82, 2.24) is 9.29 Å². The summed E-state index contributed by atoms with van der Waals surface area (Å²) in [6.07, 6.45) is 0. The van der Waals surface area contributed by atoms with E-state index in [0.29, 0.717) is 0 Å². The molecular formula is C11H11N2O2S2. The summed E-state index contributed by atoms with van der Waals surface area (Å²) in [6.45, 7) is 0. The first-order chi connectivity index (χ1) is 8.01. The number of nitrogens with zero attached hydrogens (tertiary/aromatic N) is 2. The van der Waals surface area contributed by atoms with Gasteiger partial charge < -0.3 is 0 Å². The number of sulfonamides is 1. The lowest BCUT2D eigenvalue weighted by Gasteiger charge is -2.11. The van der Waals surface area contributed by atoms with Crippen molar-refractivity contribution in [3.8, 4) is 11.3 Å². The van der Waals surface area contributed by atoms with Crippen LogP contribution in [0.25, 0.3) is 11.3 Å². The molecule has 4 nitrogen and oxygen atoms in total. The van der Waals surface area contributed by atoms with Crippen molar-refractivity contribution in [1.29, 1.82) is 0 Å². The molecule has 0 unspecified atom stereocenters. The van der Waals surface area contributed by atoms with Crippen LogP contribution in [0, 0.1) is 5.51 Å². The van der Waals surface area contributed by atoms with Gasteiger partial charge in [0.2, 0.25) is 10.0 Å². The molecule has 0 saturated carbocycles. The molecule has 1 aromatic carbocycles. The molecule has 17 heavy (non-hydrogen) atoms. The van der Waals surface area contributed by atoms with Crippen LogP contribution in [-0.2, 0) is 10.0 Å². The third kappa shape index (κ3) is 2.38. The molecule has 6 heteroatoms. The van der Waals surface area contributed by atoms with Crippen LogP contribution >= 0.6 is 11.3 Å². The van der Waals surface area contributed by atoms with E-state index < -0.39 is 10.0 Å². The smallest absolute Gasteiger partial charge is 0.233 e. The first-order valence-electron chi connectivity index (χ1n) is 4.86. The van der Waals surface area contributed by atoms with Crippen molar-refractivity contribution in [2.75, 3.05) is 14.1 Å². The molecule has 0 spiro atoms. The van der Waals surface area contributed by atoms with Crippen molar-refractivity contribution in [2.24, 2.45) is 0 Å². The zero-order chi connectivity index (χ0) is 12.5. The Balaban J connectivity index is 2.38. The topological polar surface area (TPSA) is 50.3 Å². The highest BCUT2D eigenvalue weighted by atomic mass is 32.2. The molecule has 0 atom stereocenters. The average Bonchev–Trinajstić information content (AvgIpc) is 2.82. The Hall–Kier alpha value is -1.24. The maximum absolute atomic E-state index is 11.8. The number of hydrogen-bond donors (Lipinski definition) is 0. The number of thiazole rings is 1. The van der Waals surface area contributed by atoms with Gasteiger partial charge >= 0.3 is 0 Å². The summed E-state index contributed by atoms with van der Waals surface area (Å²) in [6, 6.07) is 6.67. The average molecular weight is 267 g/mol. The van der Waals surface area contributed by atoms with E-state index in [0.717, 1.165) is 11.3 Å². The molecule has 0 aliphatic rings. The Labute approximate surface area is 105 Å². The maximum Gasteiger partial charge on any atom is 0.242 e. The van der Waals surface area contributed by atoms with Gasteiger partial charge in [-0.05, 0) is 12.1 Å². The second kappa shape index (κ2) is 4.56. The molecule has 1 aromatic heterocycles. The highest BCUT2D eigenvalue weighted by Gasteiger charge is 2.16. The van der Waals surface area contributed by atoms with Crippen LogP contribution in [0.3, 0.4) is 0 Å². The zero-order valence-electron chi connectivity index (χ0n) is 9.41.